The van der Waals surface area contributed by atoms with E-state index in [4.69, 9.17) is 20.8 Å². The molecule has 0 radical (unpaired) electrons. The van der Waals surface area contributed by atoms with Crippen molar-refractivity contribution >= 4 is 45.8 Å². The average molecular weight is 403 g/mol. The van der Waals surface area contributed by atoms with Gasteiger partial charge < -0.3 is 14.5 Å². The molecule has 1 N–H and O–H groups in total. The molecule has 0 fully saturated rings. The Balaban J connectivity index is 1.56. The lowest BCUT2D eigenvalue weighted by atomic mass is 10.1. The van der Waals surface area contributed by atoms with Gasteiger partial charge in [-0.05, 0) is 30.7 Å². The third kappa shape index (κ3) is 4.47. The van der Waals surface area contributed by atoms with Crippen LogP contribution in [0.5, 0.6) is 0 Å². The summed E-state index contributed by atoms with van der Waals surface area (Å²) in [6.45, 7) is 1.41. The quantitative estimate of drug-likeness (QED) is 0.378. The number of hydrogen-bond donors (Lipinski definition) is 1. The van der Waals surface area contributed by atoms with E-state index in [0.29, 0.717) is 11.1 Å². The molecule has 0 saturated carbocycles. The van der Waals surface area contributed by atoms with E-state index >= 15 is 0 Å². The molecule has 1 amide bonds. The van der Waals surface area contributed by atoms with Crippen LogP contribution in [0.4, 0.5) is 11.4 Å². The van der Waals surface area contributed by atoms with Crippen LogP contribution in [0, 0.1) is 17.0 Å². The van der Waals surface area contributed by atoms with Crippen molar-refractivity contribution in [2.24, 2.45) is 0 Å². The number of ether oxygens (including phenoxy) is 1. The lowest BCUT2D eigenvalue weighted by Gasteiger charge is -2.07. The van der Waals surface area contributed by atoms with Gasteiger partial charge >= 0.3 is 5.97 Å². The molecule has 144 valence electrons. The van der Waals surface area contributed by atoms with Crippen molar-refractivity contribution < 1.29 is 23.7 Å². The Bertz CT molecular complexity index is 1080. The maximum atomic E-state index is 12.0. The van der Waals surface area contributed by atoms with Crippen molar-refractivity contribution in [2.45, 2.75) is 13.3 Å². The second-order valence-corrected chi connectivity index (χ2v) is 6.48. The van der Waals surface area contributed by atoms with Crippen LogP contribution in [0.15, 0.2) is 47.1 Å². The van der Waals surface area contributed by atoms with Gasteiger partial charge in [-0.25, -0.2) is 0 Å². The molecule has 3 aromatic rings. The van der Waals surface area contributed by atoms with Crippen LogP contribution in [0.3, 0.4) is 0 Å². The number of carbonyl (C=O) groups is 2. The summed E-state index contributed by atoms with van der Waals surface area (Å²) in [6, 6.07) is 9.47. The number of nitro benzene ring substituents is 1. The Morgan fingerprint density at radius 2 is 2.04 bits per heavy atom. The first-order valence-corrected chi connectivity index (χ1v) is 8.57. The third-order valence-electron chi connectivity index (χ3n) is 3.94. The Kier molecular flexibility index (Phi) is 5.60. The van der Waals surface area contributed by atoms with Gasteiger partial charge in [-0.15, -0.1) is 0 Å². The van der Waals surface area contributed by atoms with Gasteiger partial charge in [0.1, 0.15) is 10.6 Å². The van der Waals surface area contributed by atoms with Crippen molar-refractivity contribution in [2.75, 3.05) is 11.9 Å². The third-order valence-corrected chi connectivity index (χ3v) is 4.26. The van der Waals surface area contributed by atoms with E-state index in [1.165, 1.54) is 18.4 Å². The van der Waals surface area contributed by atoms with Crippen molar-refractivity contribution in [3.05, 3.63) is 68.9 Å². The summed E-state index contributed by atoms with van der Waals surface area (Å²) >= 11 is 5.72. The number of halogens is 1. The van der Waals surface area contributed by atoms with Crippen LogP contribution in [-0.2, 0) is 20.7 Å². The molecule has 9 heteroatoms. The molecule has 1 heterocycles. The molecule has 28 heavy (non-hydrogen) atoms. The number of aryl methyl sites for hydroxylation is 1. The molecule has 0 unspecified atom stereocenters. The number of rotatable bonds is 6. The number of fused-ring (bicyclic) bond motifs is 1. The number of nitro groups is 1. The van der Waals surface area contributed by atoms with Crippen LogP contribution in [0.2, 0.25) is 5.02 Å². The van der Waals surface area contributed by atoms with Gasteiger partial charge in [-0.1, -0.05) is 23.7 Å². The zero-order chi connectivity index (χ0) is 20.3. The molecular formula is C19H15ClN2O6. The van der Waals surface area contributed by atoms with Gasteiger partial charge in [0.15, 0.2) is 6.61 Å². The predicted molar refractivity (Wildman–Crippen MR) is 102 cm³/mol. The molecule has 3 rings (SSSR count). The number of nitrogens with zero attached hydrogens (tertiary/aromatic N) is 1. The van der Waals surface area contributed by atoms with Crippen molar-refractivity contribution in [3.63, 3.8) is 0 Å². The van der Waals surface area contributed by atoms with Gasteiger partial charge in [0.2, 0.25) is 0 Å². The predicted octanol–water partition coefficient (Wildman–Crippen LogP) is 4.03. The minimum atomic E-state index is -0.658. The van der Waals surface area contributed by atoms with E-state index in [9.17, 15) is 19.7 Å². The fraction of sp³-hybridized carbons (Fsp3) is 0.158. The highest BCUT2D eigenvalue weighted by atomic mass is 35.5. The number of benzene rings is 2. The molecule has 8 nitrogen and oxygen atoms in total. The number of carbonyl (C=O) groups excluding carboxylic acids is 2. The largest absolute Gasteiger partial charge is 0.464 e. The summed E-state index contributed by atoms with van der Waals surface area (Å²) in [5.74, 6) is -1.22. The van der Waals surface area contributed by atoms with E-state index in [-0.39, 0.29) is 22.8 Å². The lowest BCUT2D eigenvalue weighted by Crippen LogP contribution is -2.21. The molecule has 0 aliphatic carbocycles. The van der Waals surface area contributed by atoms with Crippen LogP contribution in [-0.4, -0.2) is 23.4 Å². The highest BCUT2D eigenvalue weighted by molar-refractivity contribution is 6.32. The number of esters is 1. The second-order valence-electron chi connectivity index (χ2n) is 6.07. The van der Waals surface area contributed by atoms with Crippen LogP contribution in [0.25, 0.3) is 11.0 Å². The number of nitrogens with one attached hydrogen (secondary N) is 1. The topological polar surface area (TPSA) is 112 Å². The Labute approximate surface area is 164 Å². The van der Waals surface area contributed by atoms with Crippen LogP contribution >= 0.6 is 11.6 Å². The number of anilines is 1. The highest BCUT2D eigenvalue weighted by Crippen LogP contribution is 2.27. The molecule has 0 atom stereocenters. The van der Waals surface area contributed by atoms with Crippen LogP contribution in [0.1, 0.15) is 11.1 Å². The zero-order valence-electron chi connectivity index (χ0n) is 14.7. The smallest absolute Gasteiger partial charge is 0.310 e. The maximum Gasteiger partial charge on any atom is 0.310 e. The number of hydrogen-bond acceptors (Lipinski definition) is 6. The van der Waals surface area contributed by atoms with E-state index in [1.54, 1.807) is 0 Å². The SMILES string of the molecule is Cc1ccc2c(CC(=O)OCC(=O)Nc3ccc(Cl)c([N+](=O)[O-])c3)coc2c1. The normalized spacial score (nSPS) is 10.6. The minimum Gasteiger partial charge on any atom is -0.464 e. The van der Waals surface area contributed by atoms with Gasteiger partial charge in [-0.3, -0.25) is 19.7 Å². The lowest BCUT2D eigenvalue weighted by molar-refractivity contribution is -0.384. The summed E-state index contributed by atoms with van der Waals surface area (Å²) < 4.78 is 10.4. The second kappa shape index (κ2) is 8.10. The van der Waals surface area contributed by atoms with Gasteiger partial charge in [0.05, 0.1) is 17.6 Å². The number of amides is 1. The fourth-order valence-electron chi connectivity index (χ4n) is 2.61. The Hall–Kier alpha value is -3.39. The zero-order valence-corrected chi connectivity index (χ0v) is 15.5. The summed E-state index contributed by atoms with van der Waals surface area (Å²) in [5, 5.41) is 14.0. The molecule has 1 aromatic heterocycles. The monoisotopic (exact) mass is 402 g/mol. The van der Waals surface area contributed by atoms with E-state index < -0.39 is 23.4 Å². The first-order valence-electron chi connectivity index (χ1n) is 8.19. The van der Waals surface area contributed by atoms with Gasteiger partial charge in [-0.2, -0.15) is 0 Å². The first-order chi connectivity index (χ1) is 13.3. The molecule has 0 bridgehead atoms. The van der Waals surface area contributed by atoms with Crippen molar-refractivity contribution in [1.82, 2.24) is 0 Å². The number of furan rings is 1. The van der Waals surface area contributed by atoms with E-state index in [0.717, 1.165) is 17.0 Å². The highest BCUT2D eigenvalue weighted by Gasteiger charge is 2.16. The molecule has 0 spiro atoms. The summed E-state index contributed by atoms with van der Waals surface area (Å²) in [7, 11) is 0. The summed E-state index contributed by atoms with van der Waals surface area (Å²) in [6.07, 6.45) is 1.44. The van der Waals surface area contributed by atoms with Crippen molar-refractivity contribution in [3.8, 4) is 0 Å². The van der Waals surface area contributed by atoms with E-state index in [1.807, 2.05) is 25.1 Å². The Morgan fingerprint density at radius 1 is 1.25 bits per heavy atom. The maximum absolute atomic E-state index is 12.0. The summed E-state index contributed by atoms with van der Waals surface area (Å²) in [5.41, 5.74) is 2.21. The van der Waals surface area contributed by atoms with E-state index in [2.05, 4.69) is 5.32 Å². The average Bonchev–Trinajstić information content (AvgIpc) is 3.03. The molecule has 0 saturated heterocycles. The van der Waals surface area contributed by atoms with Crippen molar-refractivity contribution in [1.29, 1.82) is 0 Å². The van der Waals surface area contributed by atoms with Gasteiger partial charge in [0, 0.05) is 22.7 Å². The standard InChI is InChI=1S/C19H15ClN2O6/c1-11-2-4-14-12(9-27-17(14)6-11)7-19(24)28-10-18(23)21-13-3-5-15(20)16(8-13)22(25)26/h2-6,8-9H,7,10H2,1H3,(H,21,23). The first kappa shape index (κ1) is 19.4. The molecular weight excluding hydrogens is 388 g/mol. The fourth-order valence-corrected chi connectivity index (χ4v) is 2.79. The molecule has 0 aliphatic rings. The Morgan fingerprint density at radius 3 is 2.79 bits per heavy atom. The molecule has 2 aromatic carbocycles. The summed E-state index contributed by atoms with van der Waals surface area (Å²) in [4.78, 5) is 34.2. The van der Waals surface area contributed by atoms with Crippen LogP contribution < -0.4 is 5.32 Å². The molecule has 0 aliphatic heterocycles. The minimum absolute atomic E-state index is 0.0445. The van der Waals surface area contributed by atoms with Gasteiger partial charge in [0.25, 0.3) is 11.6 Å².